The molecule has 1 atom stereocenters. The number of methoxy groups -OCH3 is 2. The monoisotopic (exact) mass is 610 g/mol. The number of ether oxygens (including phenoxy) is 3. The van der Waals surface area contributed by atoms with E-state index in [2.05, 4.69) is 15.6 Å². The Morgan fingerprint density at radius 2 is 1.90 bits per heavy atom. The third-order valence-corrected chi connectivity index (χ3v) is 8.08. The first-order chi connectivity index (χ1) is 19.8. The number of likely N-dealkylation sites (tertiary alicyclic amines) is 1. The third kappa shape index (κ3) is 7.02. The van der Waals surface area contributed by atoms with E-state index >= 15 is 0 Å². The molecule has 4 heterocycles. The fourth-order valence-electron chi connectivity index (χ4n) is 5.17. The molecule has 222 valence electrons. The van der Waals surface area contributed by atoms with E-state index in [0.717, 1.165) is 37.7 Å². The van der Waals surface area contributed by atoms with Gasteiger partial charge in [0.1, 0.15) is 17.0 Å². The number of rotatable bonds is 11. The van der Waals surface area contributed by atoms with Gasteiger partial charge in [-0.15, -0.1) is 0 Å². The summed E-state index contributed by atoms with van der Waals surface area (Å²) in [7, 11) is 3.03. The number of benzene rings is 1. The molecule has 2 N–H and O–H groups in total. The van der Waals surface area contributed by atoms with E-state index in [9.17, 15) is 8.78 Å². The molecule has 0 bridgehead atoms. The van der Waals surface area contributed by atoms with Crippen molar-refractivity contribution in [2.45, 2.75) is 44.1 Å². The maximum atomic E-state index is 13.5. The summed E-state index contributed by atoms with van der Waals surface area (Å²) in [6.45, 7) is 2.82. The first-order valence-electron chi connectivity index (χ1n) is 13.7. The number of hydrogen-bond acceptors (Lipinski definition) is 9. The highest BCUT2D eigenvalue weighted by Crippen LogP contribution is 2.46. The van der Waals surface area contributed by atoms with Gasteiger partial charge in [0.2, 0.25) is 5.95 Å². The quantitative estimate of drug-likeness (QED) is 0.248. The average Bonchev–Trinajstić information content (AvgIpc) is 3.32. The van der Waals surface area contributed by atoms with Crippen molar-refractivity contribution in [1.29, 1.82) is 0 Å². The lowest BCUT2D eigenvalue weighted by Gasteiger charge is -2.23. The summed E-state index contributed by atoms with van der Waals surface area (Å²) in [4.78, 5) is 16.0. The van der Waals surface area contributed by atoms with Crippen LogP contribution in [0.4, 0.5) is 20.5 Å². The zero-order chi connectivity index (χ0) is 29.0. The van der Waals surface area contributed by atoms with Gasteiger partial charge in [-0.1, -0.05) is 23.2 Å². The van der Waals surface area contributed by atoms with Gasteiger partial charge in [-0.3, -0.25) is 4.90 Å². The molecule has 0 saturated carbocycles. The van der Waals surface area contributed by atoms with E-state index < -0.39 is 5.92 Å². The second-order valence-electron chi connectivity index (χ2n) is 10.3. The van der Waals surface area contributed by atoms with E-state index in [0.29, 0.717) is 76.3 Å². The van der Waals surface area contributed by atoms with Crippen molar-refractivity contribution in [1.82, 2.24) is 19.9 Å². The zero-order valence-corrected chi connectivity index (χ0v) is 24.6. The van der Waals surface area contributed by atoms with Crippen molar-refractivity contribution >= 4 is 45.9 Å². The number of anilines is 2. The number of hydrogen-bond donors (Lipinski definition) is 2. The lowest BCUT2D eigenvalue weighted by Crippen LogP contribution is -2.30. The van der Waals surface area contributed by atoms with Crippen LogP contribution in [-0.4, -0.2) is 85.4 Å². The molecule has 2 aliphatic heterocycles. The van der Waals surface area contributed by atoms with Crippen molar-refractivity contribution < 1.29 is 23.0 Å². The predicted octanol–water partition coefficient (Wildman–Crippen LogP) is 6.14. The Balaban J connectivity index is 1.43. The van der Waals surface area contributed by atoms with Crippen LogP contribution < -0.4 is 20.1 Å². The Kier molecular flexibility index (Phi) is 9.48. The Labute approximate surface area is 247 Å². The fraction of sp³-hybridized carbons (Fsp3) is 0.536. The van der Waals surface area contributed by atoms with Crippen molar-refractivity contribution in [3.8, 4) is 22.8 Å². The van der Waals surface area contributed by atoms with Crippen LogP contribution in [0.3, 0.4) is 0 Å². The topological polar surface area (TPSA) is 93.7 Å². The highest BCUT2D eigenvalue weighted by atomic mass is 35.5. The van der Waals surface area contributed by atoms with Crippen LogP contribution in [0.2, 0.25) is 10.0 Å². The van der Waals surface area contributed by atoms with Crippen molar-refractivity contribution in [3.63, 3.8) is 0 Å². The Bertz CT molecular complexity index is 1350. The van der Waals surface area contributed by atoms with Crippen LogP contribution in [0.1, 0.15) is 32.1 Å². The van der Waals surface area contributed by atoms with E-state index in [-0.39, 0.29) is 19.0 Å². The van der Waals surface area contributed by atoms with Crippen molar-refractivity contribution in [2.24, 2.45) is 0 Å². The number of nitrogens with zero attached hydrogens (tertiary/aromatic N) is 4. The summed E-state index contributed by atoms with van der Waals surface area (Å²) in [5.74, 6) is -0.763. The summed E-state index contributed by atoms with van der Waals surface area (Å²) in [5, 5.41) is 8.10. The molecule has 3 aromatic rings. The van der Waals surface area contributed by atoms with Crippen LogP contribution in [0, 0.1) is 0 Å². The van der Waals surface area contributed by atoms with Gasteiger partial charge in [0.05, 0.1) is 49.2 Å². The van der Waals surface area contributed by atoms with Crippen LogP contribution >= 0.6 is 23.2 Å². The van der Waals surface area contributed by atoms with E-state index in [1.165, 1.54) is 14.2 Å². The van der Waals surface area contributed by atoms with Crippen LogP contribution in [0.25, 0.3) is 22.2 Å². The highest BCUT2D eigenvalue weighted by molar-refractivity contribution is 6.41. The maximum absolute atomic E-state index is 13.5. The zero-order valence-electron chi connectivity index (χ0n) is 23.1. The lowest BCUT2D eigenvalue weighted by atomic mass is 10.1. The summed E-state index contributed by atoms with van der Waals surface area (Å²) in [5.41, 5.74) is 1.59. The minimum atomic E-state index is -2.58. The highest BCUT2D eigenvalue weighted by Gasteiger charge is 2.37. The SMILES string of the molecule is COc1cc(OC)c(Cl)c(-c2cc3cnc(NC4CCCOC4)nc3c(NCCCCN3CCC(F)(F)C3)n2)c1Cl. The van der Waals surface area contributed by atoms with Gasteiger partial charge < -0.3 is 24.8 Å². The minimum Gasteiger partial charge on any atom is -0.495 e. The number of nitrogens with one attached hydrogen (secondary N) is 2. The van der Waals surface area contributed by atoms with Crippen LogP contribution in [0.15, 0.2) is 18.3 Å². The van der Waals surface area contributed by atoms with Gasteiger partial charge >= 0.3 is 0 Å². The maximum Gasteiger partial charge on any atom is 0.261 e. The number of fused-ring (bicyclic) bond motifs is 1. The first kappa shape index (κ1) is 29.8. The molecule has 2 saturated heterocycles. The van der Waals surface area contributed by atoms with Gasteiger partial charge in [0.25, 0.3) is 5.92 Å². The summed E-state index contributed by atoms with van der Waals surface area (Å²) < 4.78 is 43.5. The molecule has 2 fully saturated rings. The van der Waals surface area contributed by atoms with E-state index in [4.69, 9.17) is 47.4 Å². The van der Waals surface area contributed by atoms with E-state index in [1.807, 2.05) is 11.0 Å². The number of unbranched alkanes of at least 4 members (excludes halogenated alkanes) is 1. The molecule has 41 heavy (non-hydrogen) atoms. The number of aromatic nitrogens is 3. The number of halogens is 4. The smallest absolute Gasteiger partial charge is 0.261 e. The molecule has 1 aromatic carbocycles. The van der Waals surface area contributed by atoms with Crippen molar-refractivity contribution in [2.75, 3.05) is 64.2 Å². The molecule has 5 rings (SSSR count). The Hall–Kier alpha value is -2.73. The molecule has 1 unspecified atom stereocenters. The van der Waals surface area contributed by atoms with Gasteiger partial charge in [-0.05, 0) is 38.3 Å². The Morgan fingerprint density at radius 3 is 2.56 bits per heavy atom. The standard InChI is InChI=1S/C28H34Cl2F2N6O3/c1-39-20-13-21(40-2)24(30)22(23(20)29)19-12-17-14-34-27(35-18-6-5-11-41-15-18)37-25(17)26(36-19)33-8-3-4-9-38-10-7-28(31,32)16-38/h12-14,18H,3-11,15-16H2,1-2H3,(H,33,36)(H,34,35,37). The summed E-state index contributed by atoms with van der Waals surface area (Å²) >= 11 is 13.4. The van der Waals surface area contributed by atoms with Gasteiger partial charge in [0.15, 0.2) is 5.82 Å². The average molecular weight is 612 g/mol. The number of alkyl halides is 2. The van der Waals surface area contributed by atoms with Crippen LogP contribution in [-0.2, 0) is 4.74 Å². The van der Waals surface area contributed by atoms with Gasteiger partial charge in [0, 0.05) is 49.3 Å². The molecule has 0 aliphatic carbocycles. The summed E-state index contributed by atoms with van der Waals surface area (Å²) in [6.07, 6.45) is 5.15. The number of pyridine rings is 1. The molecular formula is C28H34Cl2F2N6O3. The van der Waals surface area contributed by atoms with Crippen LogP contribution in [0.5, 0.6) is 11.5 Å². The molecule has 0 amide bonds. The summed E-state index contributed by atoms with van der Waals surface area (Å²) in [6, 6.07) is 3.58. The molecule has 13 heteroatoms. The van der Waals surface area contributed by atoms with Crippen molar-refractivity contribution in [3.05, 3.63) is 28.4 Å². The molecule has 0 spiro atoms. The second kappa shape index (κ2) is 13.1. The molecule has 9 nitrogen and oxygen atoms in total. The molecule has 0 radical (unpaired) electrons. The third-order valence-electron chi connectivity index (χ3n) is 7.33. The normalized spacial score (nSPS) is 18.9. The largest absolute Gasteiger partial charge is 0.495 e. The van der Waals surface area contributed by atoms with E-state index in [1.54, 1.807) is 12.3 Å². The lowest BCUT2D eigenvalue weighted by molar-refractivity contribution is 0.0121. The van der Waals surface area contributed by atoms with Gasteiger partial charge in [-0.2, -0.15) is 0 Å². The Morgan fingerprint density at radius 1 is 1.12 bits per heavy atom. The fourth-order valence-corrected chi connectivity index (χ4v) is 5.87. The first-order valence-corrected chi connectivity index (χ1v) is 14.5. The van der Waals surface area contributed by atoms with Gasteiger partial charge in [-0.25, -0.2) is 23.7 Å². The molecular weight excluding hydrogens is 577 g/mol. The predicted molar refractivity (Wildman–Crippen MR) is 157 cm³/mol. The second-order valence-corrected chi connectivity index (χ2v) is 11.1. The molecule has 2 aromatic heterocycles. The minimum absolute atomic E-state index is 0.0722. The molecule has 2 aliphatic rings.